The molecule has 7 aromatic rings. The van der Waals surface area contributed by atoms with Gasteiger partial charge in [-0.05, 0) is 68.8 Å². The van der Waals surface area contributed by atoms with Crippen molar-refractivity contribution in [1.29, 1.82) is 0 Å². The first-order valence-electron chi connectivity index (χ1n) is 17.7. The molecule has 0 N–H and O–H groups in total. The van der Waals surface area contributed by atoms with Crippen LogP contribution >= 0.6 is 0 Å². The minimum absolute atomic E-state index is 0.808. The predicted molar refractivity (Wildman–Crippen MR) is 224 cm³/mol. The Morgan fingerprint density at radius 2 is 0.811 bits per heavy atom. The third-order valence-electron chi connectivity index (χ3n) is 9.39. The average Bonchev–Trinajstić information content (AvgIpc) is 3.22. The van der Waals surface area contributed by atoms with Crippen molar-refractivity contribution in [3.05, 3.63) is 180 Å². The van der Waals surface area contributed by atoms with Crippen molar-refractivity contribution in [2.24, 2.45) is 0 Å². The number of hydrogen-bond donors (Lipinski definition) is 0. The minimum Gasteiger partial charge on any atom is -0.496 e. The van der Waals surface area contributed by atoms with E-state index in [0.29, 0.717) is 0 Å². The molecule has 0 saturated carbocycles. The van der Waals surface area contributed by atoms with Gasteiger partial charge in [-0.25, -0.2) is 0 Å². The van der Waals surface area contributed by atoms with E-state index in [4.69, 9.17) is 14.5 Å². The van der Waals surface area contributed by atoms with E-state index in [0.717, 1.165) is 61.7 Å². The number of methoxy groups -OCH3 is 2. The highest BCUT2D eigenvalue weighted by atomic mass is 16.5. The largest absolute Gasteiger partial charge is 0.496 e. The molecule has 0 atom stereocenters. The molecular weight excluding hydrogens is 649 g/mol. The van der Waals surface area contributed by atoms with Crippen molar-refractivity contribution in [1.82, 2.24) is 4.98 Å². The van der Waals surface area contributed by atoms with Crippen LogP contribution in [0.4, 0.5) is 5.69 Å². The van der Waals surface area contributed by atoms with Crippen molar-refractivity contribution < 1.29 is 9.47 Å². The fraction of sp³-hybridized carbons (Fsp3) is 0.0816. The summed E-state index contributed by atoms with van der Waals surface area (Å²) in [6.45, 7) is 0. The lowest BCUT2D eigenvalue weighted by Crippen LogP contribution is -2.12. The maximum atomic E-state index is 5.79. The van der Waals surface area contributed by atoms with Crippen molar-refractivity contribution in [2.75, 3.05) is 33.2 Å². The van der Waals surface area contributed by atoms with Gasteiger partial charge < -0.3 is 14.4 Å². The molecular formula is C49H42N2O2. The summed E-state index contributed by atoms with van der Waals surface area (Å²) in [5, 5.41) is 0. The Kier molecular flexibility index (Phi) is 10.6. The molecule has 0 bridgehead atoms. The number of ether oxygens (including phenoxy) is 2. The van der Waals surface area contributed by atoms with E-state index in [1.165, 1.54) is 22.3 Å². The van der Waals surface area contributed by atoms with Gasteiger partial charge in [0, 0.05) is 48.7 Å². The van der Waals surface area contributed by atoms with Gasteiger partial charge in [0.25, 0.3) is 0 Å². The molecule has 1 aromatic heterocycles. The van der Waals surface area contributed by atoms with Gasteiger partial charge >= 0.3 is 0 Å². The summed E-state index contributed by atoms with van der Waals surface area (Å²) in [4.78, 5) is 6.91. The van der Waals surface area contributed by atoms with Gasteiger partial charge in [-0.3, -0.25) is 4.98 Å². The zero-order valence-corrected chi connectivity index (χ0v) is 30.5. The molecule has 4 nitrogen and oxygen atoms in total. The Balaban J connectivity index is 1.19. The highest BCUT2D eigenvalue weighted by Crippen LogP contribution is 2.41. The number of benzene rings is 6. The molecule has 4 heteroatoms. The Labute approximate surface area is 313 Å². The molecule has 260 valence electrons. The van der Waals surface area contributed by atoms with Gasteiger partial charge in [0.1, 0.15) is 11.5 Å². The van der Waals surface area contributed by atoms with Crippen LogP contribution in [0.3, 0.4) is 0 Å². The lowest BCUT2D eigenvalue weighted by molar-refractivity contribution is 0.414. The average molecular weight is 691 g/mol. The fourth-order valence-corrected chi connectivity index (χ4v) is 6.63. The normalized spacial score (nSPS) is 11.2. The lowest BCUT2D eigenvalue weighted by atomic mass is 9.95. The summed E-state index contributed by atoms with van der Waals surface area (Å²) in [6, 6.07) is 50.7. The van der Waals surface area contributed by atoms with Crippen molar-refractivity contribution in [3.63, 3.8) is 0 Å². The van der Waals surface area contributed by atoms with Gasteiger partial charge in [0.2, 0.25) is 0 Å². The smallest absolute Gasteiger partial charge is 0.126 e. The molecule has 0 spiro atoms. The van der Waals surface area contributed by atoms with Crippen LogP contribution in [-0.2, 0) is 0 Å². The fourth-order valence-electron chi connectivity index (χ4n) is 6.63. The summed E-state index contributed by atoms with van der Waals surface area (Å²) >= 11 is 0. The summed E-state index contributed by atoms with van der Waals surface area (Å²) in [7, 11) is 7.58. The number of rotatable bonds is 11. The Bertz CT molecular complexity index is 2200. The molecule has 0 fully saturated rings. The van der Waals surface area contributed by atoms with Crippen LogP contribution in [0.1, 0.15) is 22.3 Å². The third kappa shape index (κ3) is 7.98. The lowest BCUT2D eigenvalue weighted by Gasteiger charge is -2.22. The monoisotopic (exact) mass is 690 g/mol. The first-order chi connectivity index (χ1) is 26.0. The predicted octanol–water partition coefficient (Wildman–Crippen LogP) is 12.2. The first kappa shape index (κ1) is 34.8. The maximum Gasteiger partial charge on any atom is 0.126 e. The SMILES string of the molecule is COc1ccc(-c2cncc(-c3ccc(OC)c(/C=C/c4ccc(-c5ccccc5)cc4)c3)c2N(C)C)cc1/C=C/c1ccc(-c2ccccc2)cc1. The molecule has 0 aliphatic carbocycles. The molecule has 0 radical (unpaired) electrons. The van der Waals surface area contributed by atoms with Crippen LogP contribution in [0.2, 0.25) is 0 Å². The number of nitrogens with zero attached hydrogens (tertiary/aromatic N) is 2. The summed E-state index contributed by atoms with van der Waals surface area (Å²) in [5.41, 5.74) is 14.2. The Morgan fingerprint density at radius 3 is 1.19 bits per heavy atom. The molecule has 53 heavy (non-hydrogen) atoms. The van der Waals surface area contributed by atoms with Crippen LogP contribution in [0.15, 0.2) is 158 Å². The molecule has 0 aliphatic rings. The van der Waals surface area contributed by atoms with Gasteiger partial charge in [0.05, 0.1) is 19.9 Å². The Morgan fingerprint density at radius 1 is 0.434 bits per heavy atom. The zero-order valence-electron chi connectivity index (χ0n) is 30.5. The maximum absolute atomic E-state index is 5.79. The van der Waals surface area contributed by atoms with Crippen molar-refractivity contribution in [3.8, 4) is 56.0 Å². The number of anilines is 1. The second kappa shape index (κ2) is 16.1. The van der Waals surface area contributed by atoms with Crippen molar-refractivity contribution in [2.45, 2.75) is 0 Å². The second-order valence-corrected chi connectivity index (χ2v) is 13.0. The molecule has 7 rings (SSSR count). The van der Waals surface area contributed by atoms with Gasteiger partial charge in [-0.1, -0.05) is 146 Å². The highest BCUT2D eigenvalue weighted by Gasteiger charge is 2.17. The van der Waals surface area contributed by atoms with E-state index < -0.39 is 0 Å². The molecule has 0 amide bonds. The minimum atomic E-state index is 0.808. The van der Waals surface area contributed by atoms with E-state index in [1.807, 2.05) is 36.7 Å². The van der Waals surface area contributed by atoms with Crippen LogP contribution < -0.4 is 14.4 Å². The van der Waals surface area contributed by atoms with E-state index in [9.17, 15) is 0 Å². The van der Waals surface area contributed by atoms with Crippen molar-refractivity contribution >= 4 is 30.0 Å². The van der Waals surface area contributed by atoms with E-state index >= 15 is 0 Å². The first-order valence-corrected chi connectivity index (χ1v) is 17.7. The van der Waals surface area contributed by atoms with E-state index in [-0.39, 0.29) is 0 Å². The van der Waals surface area contributed by atoms with Gasteiger partial charge in [-0.2, -0.15) is 0 Å². The molecule has 0 unspecified atom stereocenters. The number of hydrogen-bond acceptors (Lipinski definition) is 4. The van der Waals surface area contributed by atoms with Crippen LogP contribution in [-0.4, -0.2) is 33.3 Å². The van der Waals surface area contributed by atoms with Gasteiger partial charge in [0.15, 0.2) is 0 Å². The van der Waals surface area contributed by atoms with Crippen LogP contribution in [0.5, 0.6) is 11.5 Å². The summed E-state index contributed by atoms with van der Waals surface area (Å²) in [6.07, 6.45) is 12.4. The topological polar surface area (TPSA) is 34.6 Å². The quantitative estimate of drug-likeness (QED) is 0.127. The number of aromatic nitrogens is 1. The van der Waals surface area contributed by atoms with Crippen LogP contribution in [0, 0.1) is 0 Å². The van der Waals surface area contributed by atoms with E-state index in [1.54, 1.807) is 14.2 Å². The zero-order chi connectivity index (χ0) is 36.6. The molecule has 0 saturated heterocycles. The second-order valence-electron chi connectivity index (χ2n) is 13.0. The third-order valence-corrected chi connectivity index (χ3v) is 9.39. The molecule has 6 aromatic carbocycles. The standard InChI is InChI=1S/C49H42N2O2/c1-51(2)49-45(41-27-29-47(52-3)43(31-41)25-19-35-15-21-39(22-16-35)37-11-7-5-8-12-37)33-50-34-46(49)42-28-30-48(53-4)44(32-42)26-20-36-17-23-40(24-18-36)38-13-9-6-10-14-38/h5-34H,1-4H3/b25-19+,26-20+. The molecule has 1 heterocycles. The van der Waals surface area contributed by atoms with Crippen LogP contribution in [0.25, 0.3) is 68.8 Å². The Hall–Kier alpha value is -6.65. The highest BCUT2D eigenvalue weighted by molar-refractivity contribution is 5.92. The molecule has 0 aliphatic heterocycles. The summed E-state index contributed by atoms with van der Waals surface area (Å²) in [5.74, 6) is 1.62. The van der Waals surface area contributed by atoms with Gasteiger partial charge in [-0.15, -0.1) is 0 Å². The summed E-state index contributed by atoms with van der Waals surface area (Å²) < 4.78 is 11.6. The van der Waals surface area contributed by atoms with E-state index in [2.05, 4.69) is 165 Å². The number of pyridine rings is 1.